The summed E-state index contributed by atoms with van der Waals surface area (Å²) in [4.78, 5) is 0. The van der Waals surface area contributed by atoms with Gasteiger partial charge in [0.15, 0.2) is 11.7 Å². The predicted molar refractivity (Wildman–Crippen MR) is 91.8 cm³/mol. The van der Waals surface area contributed by atoms with E-state index in [2.05, 4.69) is 26.3 Å². The minimum absolute atomic E-state index is 0.327. The highest BCUT2D eigenvalue weighted by molar-refractivity contribution is 5.46. The van der Waals surface area contributed by atoms with Crippen molar-refractivity contribution in [2.24, 2.45) is 5.92 Å². The molecule has 0 radical (unpaired) electrons. The average Bonchev–Trinajstić information content (AvgIpc) is 2.51. The maximum absolute atomic E-state index is 13.1. The first kappa shape index (κ1) is 18.3. The summed E-state index contributed by atoms with van der Waals surface area (Å²) in [6.45, 7) is 14.4. The third-order valence-electron chi connectivity index (χ3n) is 4.09. The molecule has 0 aromatic carbocycles. The second-order valence-electron chi connectivity index (χ2n) is 5.98. The fourth-order valence-corrected chi connectivity index (χ4v) is 2.60. The molecule has 0 atom stereocenters. The second-order valence-corrected chi connectivity index (χ2v) is 5.98. The van der Waals surface area contributed by atoms with Crippen LogP contribution in [0.3, 0.4) is 0 Å². The Bertz CT molecular complexity index is 500. The monoisotopic (exact) mass is 304 g/mol. The van der Waals surface area contributed by atoms with E-state index < -0.39 is 11.7 Å². The molecule has 0 aromatic rings. The number of hydrogen-bond acceptors (Lipinski definition) is 0. The smallest absolute Gasteiger partial charge is 0.158 e. The highest BCUT2D eigenvalue weighted by Gasteiger charge is 2.12. The van der Waals surface area contributed by atoms with Crippen molar-refractivity contribution in [3.8, 4) is 0 Å². The van der Waals surface area contributed by atoms with Crippen LogP contribution in [0.1, 0.15) is 44.9 Å². The van der Waals surface area contributed by atoms with Gasteiger partial charge in [0.2, 0.25) is 0 Å². The molecule has 0 spiro atoms. The molecule has 120 valence electrons. The van der Waals surface area contributed by atoms with Gasteiger partial charge < -0.3 is 0 Å². The van der Waals surface area contributed by atoms with Gasteiger partial charge in [-0.15, -0.1) is 0 Å². The first-order chi connectivity index (χ1) is 10.4. The van der Waals surface area contributed by atoms with Crippen LogP contribution >= 0.6 is 0 Å². The SMILES string of the molecule is C=C(/C=C\C(=C)C(=C)/C=C(/F)C(=C)F)CCC1CCCCC1. The van der Waals surface area contributed by atoms with Crippen LogP contribution in [0, 0.1) is 5.92 Å². The minimum atomic E-state index is -1.10. The van der Waals surface area contributed by atoms with Gasteiger partial charge in [0, 0.05) is 0 Å². The van der Waals surface area contributed by atoms with Gasteiger partial charge in [0.05, 0.1) is 0 Å². The Kier molecular flexibility index (Phi) is 7.79. The Labute approximate surface area is 133 Å². The van der Waals surface area contributed by atoms with Crippen LogP contribution in [-0.2, 0) is 0 Å². The van der Waals surface area contributed by atoms with Gasteiger partial charge in [-0.3, -0.25) is 0 Å². The van der Waals surface area contributed by atoms with Gasteiger partial charge in [0.1, 0.15) is 0 Å². The third kappa shape index (κ3) is 6.84. The Balaban J connectivity index is 2.40. The van der Waals surface area contributed by atoms with E-state index in [0.717, 1.165) is 24.0 Å². The zero-order valence-corrected chi connectivity index (χ0v) is 13.3. The molecule has 0 aliphatic heterocycles. The molecule has 0 saturated heterocycles. The number of allylic oxidation sites excluding steroid dienone is 8. The summed E-state index contributed by atoms with van der Waals surface area (Å²) in [5.41, 5.74) is 1.89. The molecule has 0 aromatic heterocycles. The van der Waals surface area contributed by atoms with Gasteiger partial charge >= 0.3 is 0 Å². The number of rotatable bonds is 8. The van der Waals surface area contributed by atoms with Crippen LogP contribution in [0.4, 0.5) is 8.78 Å². The normalized spacial score (nSPS) is 16.7. The van der Waals surface area contributed by atoms with Crippen LogP contribution in [0.5, 0.6) is 0 Å². The van der Waals surface area contributed by atoms with E-state index in [1.807, 2.05) is 6.08 Å². The van der Waals surface area contributed by atoms with Gasteiger partial charge in [-0.25, -0.2) is 8.78 Å². The van der Waals surface area contributed by atoms with Gasteiger partial charge in [-0.1, -0.05) is 76.1 Å². The Morgan fingerprint density at radius 1 is 0.909 bits per heavy atom. The average molecular weight is 304 g/mol. The van der Waals surface area contributed by atoms with Crippen molar-refractivity contribution in [2.75, 3.05) is 0 Å². The molecule has 0 nitrogen and oxygen atoms in total. The van der Waals surface area contributed by atoms with Crippen LogP contribution in [-0.4, -0.2) is 0 Å². The van der Waals surface area contributed by atoms with Crippen molar-refractivity contribution >= 4 is 0 Å². The predicted octanol–water partition coefficient (Wildman–Crippen LogP) is 6.91. The highest BCUT2D eigenvalue weighted by atomic mass is 19.2. The number of halogens is 2. The molecule has 2 heteroatoms. The van der Waals surface area contributed by atoms with E-state index >= 15 is 0 Å². The molecule has 1 aliphatic carbocycles. The van der Waals surface area contributed by atoms with Crippen molar-refractivity contribution < 1.29 is 8.78 Å². The summed E-state index contributed by atoms with van der Waals surface area (Å²) in [7, 11) is 0. The van der Waals surface area contributed by atoms with Crippen molar-refractivity contribution in [2.45, 2.75) is 44.9 Å². The van der Waals surface area contributed by atoms with E-state index in [1.165, 1.54) is 38.5 Å². The molecule has 0 unspecified atom stereocenters. The van der Waals surface area contributed by atoms with Crippen molar-refractivity contribution in [1.29, 1.82) is 0 Å². The largest absolute Gasteiger partial charge is 0.204 e. The summed E-state index contributed by atoms with van der Waals surface area (Å²) in [5, 5.41) is 0. The molecule has 0 heterocycles. The maximum atomic E-state index is 13.1. The first-order valence-electron chi connectivity index (χ1n) is 7.86. The lowest BCUT2D eigenvalue weighted by Gasteiger charge is -2.21. The van der Waals surface area contributed by atoms with E-state index in [4.69, 9.17) is 0 Å². The molecular weight excluding hydrogens is 278 g/mol. The lowest BCUT2D eigenvalue weighted by Crippen LogP contribution is -2.05. The summed E-state index contributed by atoms with van der Waals surface area (Å²) in [5.74, 6) is -1.30. The first-order valence-corrected chi connectivity index (χ1v) is 7.86. The molecular formula is C20H26F2. The van der Waals surface area contributed by atoms with Crippen molar-refractivity contribution in [3.63, 3.8) is 0 Å². The molecule has 0 amide bonds. The standard InChI is InChI=1S/C20H26F2/c1-15(11-13-19-8-6-5-7-9-19)10-12-16(2)17(3)14-20(22)18(4)21/h10,12,14,19H,1-9,11,13H2/b12-10-,20-14+. The van der Waals surface area contributed by atoms with Crippen LogP contribution in [0.25, 0.3) is 0 Å². The lowest BCUT2D eigenvalue weighted by molar-refractivity contribution is 0.340. The van der Waals surface area contributed by atoms with Crippen LogP contribution in [0.15, 0.2) is 72.9 Å². The van der Waals surface area contributed by atoms with E-state index in [1.54, 1.807) is 6.08 Å². The van der Waals surface area contributed by atoms with Crippen LogP contribution in [0.2, 0.25) is 0 Å². The molecule has 1 fully saturated rings. The minimum Gasteiger partial charge on any atom is -0.204 e. The fraction of sp³-hybridized carbons (Fsp3) is 0.400. The molecule has 1 saturated carbocycles. The second kappa shape index (κ2) is 9.34. The Morgan fingerprint density at radius 2 is 1.55 bits per heavy atom. The highest BCUT2D eigenvalue weighted by Crippen LogP contribution is 2.28. The summed E-state index contributed by atoms with van der Waals surface area (Å²) >= 11 is 0. The third-order valence-corrected chi connectivity index (χ3v) is 4.09. The van der Waals surface area contributed by atoms with Crippen molar-refractivity contribution in [1.82, 2.24) is 0 Å². The molecule has 0 N–H and O–H groups in total. The van der Waals surface area contributed by atoms with E-state index in [9.17, 15) is 8.78 Å². The maximum Gasteiger partial charge on any atom is 0.158 e. The quantitative estimate of drug-likeness (QED) is 0.427. The summed E-state index contributed by atoms with van der Waals surface area (Å²) < 4.78 is 25.7. The van der Waals surface area contributed by atoms with Crippen molar-refractivity contribution in [3.05, 3.63) is 72.9 Å². The lowest BCUT2D eigenvalue weighted by atomic mass is 9.85. The van der Waals surface area contributed by atoms with E-state index in [0.29, 0.717) is 11.1 Å². The fourth-order valence-electron chi connectivity index (χ4n) is 2.60. The Hall–Kier alpha value is -1.70. The van der Waals surface area contributed by atoms with E-state index in [-0.39, 0.29) is 0 Å². The molecule has 22 heavy (non-hydrogen) atoms. The Morgan fingerprint density at radius 3 is 2.14 bits per heavy atom. The summed E-state index contributed by atoms with van der Waals surface area (Å²) in [6.07, 6.45) is 13.5. The molecule has 1 rings (SSSR count). The zero-order chi connectivity index (χ0) is 16.5. The molecule has 1 aliphatic rings. The number of hydrogen-bond donors (Lipinski definition) is 0. The van der Waals surface area contributed by atoms with Crippen LogP contribution < -0.4 is 0 Å². The topological polar surface area (TPSA) is 0 Å². The van der Waals surface area contributed by atoms with Gasteiger partial charge in [0.25, 0.3) is 0 Å². The molecule has 0 bridgehead atoms. The zero-order valence-electron chi connectivity index (χ0n) is 13.3. The van der Waals surface area contributed by atoms with Gasteiger partial charge in [-0.05, 0) is 36.0 Å². The van der Waals surface area contributed by atoms with Gasteiger partial charge in [-0.2, -0.15) is 0 Å². The summed E-state index contributed by atoms with van der Waals surface area (Å²) in [6, 6.07) is 0.